The van der Waals surface area contributed by atoms with Crippen LogP contribution in [0.3, 0.4) is 0 Å². The first-order chi connectivity index (χ1) is 8.20. The molecule has 92 valence electrons. The normalized spacial score (nSPS) is 8.12. The van der Waals surface area contributed by atoms with Gasteiger partial charge in [0.15, 0.2) is 0 Å². The van der Waals surface area contributed by atoms with Crippen LogP contribution in [0.25, 0.3) is 0 Å². The van der Waals surface area contributed by atoms with Gasteiger partial charge in [-0.15, -0.1) is 0 Å². The van der Waals surface area contributed by atoms with Gasteiger partial charge in [0.05, 0.1) is 0 Å². The average molecular weight is 250 g/mol. The van der Waals surface area contributed by atoms with Gasteiger partial charge < -0.3 is 10.2 Å². The van der Waals surface area contributed by atoms with Crippen LogP contribution in [0.1, 0.15) is 0 Å². The maximum Gasteiger partial charge on any atom is 0.115 e. The van der Waals surface area contributed by atoms with Crippen molar-refractivity contribution in [3.63, 3.8) is 0 Å². The Balaban J connectivity index is 0.000000247. The van der Waals surface area contributed by atoms with Gasteiger partial charge in [-0.1, -0.05) is 36.4 Å². The highest BCUT2D eigenvalue weighted by Crippen LogP contribution is 2.03. The molecule has 17 heavy (non-hydrogen) atoms. The maximum atomic E-state index is 8.63. The molecule has 3 heteroatoms. The molecule has 0 spiro atoms. The fourth-order valence-electron chi connectivity index (χ4n) is 0.856. The van der Waals surface area contributed by atoms with Crippen molar-refractivity contribution in [2.75, 3.05) is 12.5 Å². The van der Waals surface area contributed by atoms with E-state index in [4.69, 9.17) is 10.2 Å². The highest BCUT2D eigenvalue weighted by molar-refractivity contribution is 7.97. The van der Waals surface area contributed by atoms with Gasteiger partial charge >= 0.3 is 0 Å². The summed E-state index contributed by atoms with van der Waals surface area (Å²) in [6.07, 6.45) is 4.08. The standard InChI is InChI=1S/2C6H6O.C2H6S/c2*7-6-4-2-1-3-5-6;1-3-2/h2*1-5,7H;1-2H3. The Hall–Kier alpha value is -1.61. The van der Waals surface area contributed by atoms with E-state index in [1.165, 1.54) is 0 Å². The number of phenols is 2. The zero-order valence-corrected chi connectivity index (χ0v) is 10.9. The number of benzene rings is 2. The summed E-state index contributed by atoms with van der Waals surface area (Å²) >= 11 is 1.75. The lowest BCUT2D eigenvalue weighted by Crippen LogP contribution is -1.56. The molecule has 0 aliphatic carbocycles. The van der Waals surface area contributed by atoms with Gasteiger partial charge in [0, 0.05) is 0 Å². The number of phenolic OH excluding ortho intramolecular Hbond substituents is 2. The summed E-state index contributed by atoms with van der Waals surface area (Å²) in [7, 11) is 0. The third kappa shape index (κ3) is 10.7. The van der Waals surface area contributed by atoms with Crippen LogP contribution >= 0.6 is 11.8 Å². The van der Waals surface area contributed by atoms with E-state index in [-0.39, 0.29) is 0 Å². The average Bonchev–Trinajstić information content (AvgIpc) is 2.33. The molecule has 0 unspecified atom stereocenters. The minimum absolute atomic E-state index is 0.322. The summed E-state index contributed by atoms with van der Waals surface area (Å²) in [5, 5.41) is 17.3. The Labute approximate surface area is 107 Å². The summed E-state index contributed by atoms with van der Waals surface area (Å²) in [6.45, 7) is 0. The van der Waals surface area contributed by atoms with Gasteiger partial charge in [0.2, 0.25) is 0 Å². The van der Waals surface area contributed by atoms with Crippen molar-refractivity contribution in [2.45, 2.75) is 0 Å². The van der Waals surface area contributed by atoms with E-state index < -0.39 is 0 Å². The third-order valence-electron chi connectivity index (χ3n) is 1.51. The maximum absolute atomic E-state index is 8.63. The van der Waals surface area contributed by atoms with E-state index in [0.29, 0.717) is 11.5 Å². The first-order valence-corrected chi connectivity index (χ1v) is 6.72. The minimum Gasteiger partial charge on any atom is -0.508 e. The summed E-state index contributed by atoms with van der Waals surface area (Å²) in [5.74, 6) is 0.644. The molecule has 2 aromatic carbocycles. The van der Waals surface area contributed by atoms with E-state index in [9.17, 15) is 0 Å². The van der Waals surface area contributed by atoms with Gasteiger partial charge in [-0.3, -0.25) is 0 Å². The van der Waals surface area contributed by atoms with Gasteiger partial charge in [-0.05, 0) is 36.8 Å². The molecule has 0 atom stereocenters. The molecule has 0 heterocycles. The van der Waals surface area contributed by atoms with Gasteiger partial charge in [-0.2, -0.15) is 11.8 Å². The second kappa shape index (κ2) is 10.9. The van der Waals surface area contributed by atoms with Crippen molar-refractivity contribution < 1.29 is 10.2 Å². The van der Waals surface area contributed by atoms with E-state index in [1.54, 1.807) is 60.3 Å². The topological polar surface area (TPSA) is 40.5 Å². The molecule has 2 rings (SSSR count). The molecule has 0 radical (unpaired) electrons. The van der Waals surface area contributed by atoms with Gasteiger partial charge in [0.1, 0.15) is 11.5 Å². The van der Waals surface area contributed by atoms with Crippen LogP contribution in [0.5, 0.6) is 11.5 Å². The molecule has 0 aliphatic rings. The van der Waals surface area contributed by atoms with Crippen LogP contribution in [-0.2, 0) is 0 Å². The molecule has 2 aromatic rings. The van der Waals surface area contributed by atoms with E-state index >= 15 is 0 Å². The molecule has 2 N–H and O–H groups in total. The predicted molar refractivity (Wildman–Crippen MR) is 75.7 cm³/mol. The molecule has 0 aliphatic heterocycles. The number of hydrogen-bond acceptors (Lipinski definition) is 3. The number of para-hydroxylation sites is 2. The Kier molecular flexibility index (Phi) is 9.86. The lowest BCUT2D eigenvalue weighted by atomic mass is 10.3. The summed E-state index contributed by atoms with van der Waals surface area (Å²) < 4.78 is 0. The third-order valence-corrected chi connectivity index (χ3v) is 1.51. The van der Waals surface area contributed by atoms with Crippen molar-refractivity contribution in [1.29, 1.82) is 0 Å². The Morgan fingerprint density at radius 2 is 0.882 bits per heavy atom. The molecule has 0 amide bonds. The second-order valence-electron chi connectivity index (χ2n) is 3.08. The van der Waals surface area contributed by atoms with Crippen molar-refractivity contribution in [3.05, 3.63) is 60.7 Å². The summed E-state index contributed by atoms with van der Waals surface area (Å²) in [6, 6.07) is 17.4. The van der Waals surface area contributed by atoms with E-state index in [1.807, 2.05) is 24.6 Å². The number of thioether (sulfide) groups is 1. The molecule has 2 nitrogen and oxygen atoms in total. The number of rotatable bonds is 0. The molecule has 0 saturated carbocycles. The largest absolute Gasteiger partial charge is 0.508 e. The zero-order valence-electron chi connectivity index (χ0n) is 10.1. The van der Waals surface area contributed by atoms with Gasteiger partial charge in [-0.25, -0.2) is 0 Å². The molecule has 0 saturated heterocycles. The molecular formula is C14H18O2S. The molecular weight excluding hydrogens is 232 g/mol. The van der Waals surface area contributed by atoms with Crippen molar-refractivity contribution in [2.24, 2.45) is 0 Å². The summed E-state index contributed by atoms with van der Waals surface area (Å²) in [4.78, 5) is 0. The highest BCUT2D eigenvalue weighted by atomic mass is 32.2. The lowest BCUT2D eigenvalue weighted by molar-refractivity contribution is 0.475. The Morgan fingerprint density at radius 3 is 1.00 bits per heavy atom. The van der Waals surface area contributed by atoms with Crippen molar-refractivity contribution >= 4 is 11.8 Å². The van der Waals surface area contributed by atoms with Crippen LogP contribution in [-0.4, -0.2) is 22.7 Å². The first kappa shape index (κ1) is 15.4. The molecule has 0 bridgehead atoms. The molecule has 0 fully saturated rings. The second-order valence-corrected chi connectivity index (χ2v) is 3.90. The van der Waals surface area contributed by atoms with Crippen molar-refractivity contribution in [1.82, 2.24) is 0 Å². The van der Waals surface area contributed by atoms with Crippen LogP contribution in [0.2, 0.25) is 0 Å². The Morgan fingerprint density at radius 1 is 0.647 bits per heavy atom. The lowest BCUT2D eigenvalue weighted by Gasteiger charge is -1.82. The molecule has 0 aromatic heterocycles. The van der Waals surface area contributed by atoms with E-state index in [0.717, 1.165) is 0 Å². The number of aromatic hydroxyl groups is 2. The quantitative estimate of drug-likeness (QED) is 0.748. The van der Waals surface area contributed by atoms with Crippen LogP contribution in [0.15, 0.2) is 60.7 Å². The predicted octanol–water partition coefficient (Wildman–Crippen LogP) is 3.76. The van der Waals surface area contributed by atoms with Crippen molar-refractivity contribution in [3.8, 4) is 11.5 Å². The monoisotopic (exact) mass is 250 g/mol. The van der Waals surface area contributed by atoms with E-state index in [2.05, 4.69) is 0 Å². The smallest absolute Gasteiger partial charge is 0.115 e. The van der Waals surface area contributed by atoms with Crippen LogP contribution in [0, 0.1) is 0 Å². The SMILES string of the molecule is CSC.Oc1ccccc1.Oc1ccccc1. The Bertz CT molecular complexity index is 325. The first-order valence-electron chi connectivity index (χ1n) is 5.09. The fourth-order valence-corrected chi connectivity index (χ4v) is 0.856. The van der Waals surface area contributed by atoms with Crippen LogP contribution in [0.4, 0.5) is 0 Å². The fraction of sp³-hybridized carbons (Fsp3) is 0.143. The van der Waals surface area contributed by atoms with Gasteiger partial charge in [0.25, 0.3) is 0 Å². The minimum atomic E-state index is 0.322. The number of hydrogen-bond donors (Lipinski definition) is 2. The highest BCUT2D eigenvalue weighted by Gasteiger charge is 1.75. The zero-order chi connectivity index (χ0) is 12.9. The van der Waals surface area contributed by atoms with Crippen LogP contribution < -0.4 is 0 Å². The summed E-state index contributed by atoms with van der Waals surface area (Å²) in [5.41, 5.74) is 0.